The molecular weight excluding hydrogens is 484 g/mol. The number of aromatic nitrogens is 6. The second-order valence-corrected chi connectivity index (χ2v) is 10.4. The predicted octanol–water partition coefficient (Wildman–Crippen LogP) is 4.25. The molecule has 0 spiro atoms. The average Bonchev–Trinajstić information content (AvgIpc) is 3.25. The maximum absolute atomic E-state index is 10.2. The van der Waals surface area contributed by atoms with E-state index in [1.807, 2.05) is 11.9 Å². The number of imidazole rings is 1. The highest BCUT2D eigenvalue weighted by atomic mass is 79.9. The van der Waals surface area contributed by atoms with Gasteiger partial charge in [-0.1, -0.05) is 0 Å². The lowest BCUT2D eigenvalue weighted by Crippen LogP contribution is -2.37. The molecule has 9 nitrogen and oxygen atoms in total. The summed E-state index contributed by atoms with van der Waals surface area (Å²) in [5, 5.41) is 18.1. The minimum Gasteiger partial charge on any atom is -0.389 e. The number of likely N-dealkylation sites (N-methyl/N-ethyl adjacent to an activating group) is 1. The lowest BCUT2D eigenvalue weighted by molar-refractivity contribution is 0.0883. The average molecular weight is 515 g/mol. The molecule has 0 aliphatic heterocycles. The number of anilines is 2. The molecule has 4 aromatic rings. The van der Waals surface area contributed by atoms with Crippen molar-refractivity contribution in [3.8, 4) is 0 Å². The number of aryl methyl sites for hydroxylation is 2. The summed E-state index contributed by atoms with van der Waals surface area (Å²) >= 11 is 3.52. The Morgan fingerprint density at radius 1 is 1.15 bits per heavy atom. The van der Waals surface area contributed by atoms with Crippen LogP contribution in [0.15, 0.2) is 22.8 Å². The van der Waals surface area contributed by atoms with Crippen LogP contribution < -0.4 is 10.2 Å². The number of hydrogen-bond donors (Lipinski definition) is 2. The van der Waals surface area contributed by atoms with Crippen molar-refractivity contribution in [1.29, 1.82) is 0 Å². The molecule has 176 valence electrons. The van der Waals surface area contributed by atoms with Crippen LogP contribution in [0.1, 0.15) is 50.7 Å². The van der Waals surface area contributed by atoms with Crippen molar-refractivity contribution in [1.82, 2.24) is 29.1 Å². The van der Waals surface area contributed by atoms with Gasteiger partial charge in [-0.15, -0.1) is 0 Å². The van der Waals surface area contributed by atoms with Gasteiger partial charge in [0, 0.05) is 19.6 Å². The number of benzene rings is 1. The van der Waals surface area contributed by atoms with Gasteiger partial charge in [0.05, 0.1) is 33.8 Å². The Labute approximate surface area is 202 Å². The number of halogens is 1. The van der Waals surface area contributed by atoms with Crippen LogP contribution in [0.5, 0.6) is 0 Å². The van der Waals surface area contributed by atoms with Gasteiger partial charge in [0.25, 0.3) is 0 Å². The second-order valence-electron chi connectivity index (χ2n) is 9.51. The molecule has 0 fully saturated rings. The SMILES string of the molecule is Cc1cc2nc(CNc3nc(N(C)CC(C)(C)O)nc4c(Br)cnn34)n(C(C)C)c2cc1C. The molecule has 3 aromatic heterocycles. The zero-order valence-electron chi connectivity index (χ0n) is 20.2. The molecule has 0 atom stereocenters. The van der Waals surface area contributed by atoms with Gasteiger partial charge in [-0.05, 0) is 80.7 Å². The van der Waals surface area contributed by atoms with Crippen LogP contribution in [0.4, 0.5) is 11.9 Å². The molecule has 0 aliphatic rings. The summed E-state index contributed by atoms with van der Waals surface area (Å²) < 4.78 is 4.70. The summed E-state index contributed by atoms with van der Waals surface area (Å²) in [7, 11) is 1.86. The van der Waals surface area contributed by atoms with Crippen molar-refractivity contribution in [2.75, 3.05) is 23.8 Å². The molecule has 4 rings (SSSR count). The number of nitrogens with one attached hydrogen (secondary N) is 1. The monoisotopic (exact) mass is 514 g/mol. The maximum atomic E-state index is 10.2. The highest BCUT2D eigenvalue weighted by molar-refractivity contribution is 9.10. The van der Waals surface area contributed by atoms with Crippen LogP contribution in [0.2, 0.25) is 0 Å². The van der Waals surface area contributed by atoms with Gasteiger partial charge in [-0.3, -0.25) is 0 Å². The van der Waals surface area contributed by atoms with Crippen molar-refractivity contribution in [2.24, 2.45) is 0 Å². The fraction of sp³-hybridized carbons (Fsp3) is 0.478. The largest absolute Gasteiger partial charge is 0.389 e. The molecule has 0 unspecified atom stereocenters. The Morgan fingerprint density at radius 3 is 2.52 bits per heavy atom. The Balaban J connectivity index is 1.72. The van der Waals surface area contributed by atoms with E-state index in [2.05, 4.69) is 75.7 Å². The van der Waals surface area contributed by atoms with E-state index in [4.69, 9.17) is 9.97 Å². The van der Waals surface area contributed by atoms with Crippen molar-refractivity contribution in [2.45, 2.75) is 59.7 Å². The van der Waals surface area contributed by atoms with Crippen molar-refractivity contribution >= 4 is 44.5 Å². The summed E-state index contributed by atoms with van der Waals surface area (Å²) in [6.07, 6.45) is 1.70. The first-order chi connectivity index (χ1) is 15.4. The minimum absolute atomic E-state index is 0.256. The number of nitrogens with zero attached hydrogens (tertiary/aromatic N) is 7. The molecule has 0 aliphatic carbocycles. The van der Waals surface area contributed by atoms with Crippen LogP contribution in [0, 0.1) is 13.8 Å². The van der Waals surface area contributed by atoms with Gasteiger partial charge >= 0.3 is 0 Å². The quantitative estimate of drug-likeness (QED) is 0.380. The standard InChI is InChI=1S/C23H31BrN8O/c1-13(2)31-18-9-15(4)14(3)8-17(18)27-19(31)11-25-21-29-22(30(7)12-23(5,6)33)28-20-16(24)10-26-32(20)21/h8-10,13,33H,11-12H2,1-7H3,(H,25,28,29). The zero-order chi connectivity index (χ0) is 24.1. The third kappa shape index (κ3) is 4.67. The Morgan fingerprint density at radius 2 is 1.85 bits per heavy atom. The van der Waals surface area contributed by atoms with Crippen LogP contribution in [-0.2, 0) is 6.54 Å². The molecule has 33 heavy (non-hydrogen) atoms. The smallest absolute Gasteiger partial charge is 0.230 e. The molecule has 1 aromatic carbocycles. The van der Waals surface area contributed by atoms with Gasteiger partial charge in [0.1, 0.15) is 5.82 Å². The highest BCUT2D eigenvalue weighted by Gasteiger charge is 2.21. The van der Waals surface area contributed by atoms with E-state index in [0.717, 1.165) is 21.3 Å². The minimum atomic E-state index is -0.881. The topological polar surface area (TPSA) is 96.4 Å². The van der Waals surface area contributed by atoms with Crippen LogP contribution in [0.25, 0.3) is 16.7 Å². The first-order valence-corrected chi connectivity index (χ1v) is 11.8. The number of aliphatic hydroxyl groups is 1. The molecule has 0 radical (unpaired) electrons. The lowest BCUT2D eigenvalue weighted by atomic mass is 10.1. The third-order valence-electron chi connectivity index (χ3n) is 5.58. The van der Waals surface area contributed by atoms with Gasteiger partial charge < -0.3 is 19.9 Å². The first-order valence-electron chi connectivity index (χ1n) is 11.0. The fourth-order valence-corrected chi connectivity index (χ4v) is 4.38. The number of rotatable bonds is 7. The normalized spacial score (nSPS) is 12.3. The molecule has 2 N–H and O–H groups in total. The molecule has 10 heteroatoms. The first kappa shape index (κ1) is 23.4. The summed E-state index contributed by atoms with van der Waals surface area (Å²) in [5.74, 6) is 1.98. The summed E-state index contributed by atoms with van der Waals surface area (Å²) in [4.78, 5) is 16.1. The number of hydrogen-bond acceptors (Lipinski definition) is 7. The van der Waals surface area contributed by atoms with E-state index in [1.165, 1.54) is 11.1 Å². The molecule has 0 amide bonds. The van der Waals surface area contributed by atoms with E-state index < -0.39 is 5.60 Å². The Hall–Kier alpha value is -2.72. The van der Waals surface area contributed by atoms with Gasteiger partial charge in [-0.25, -0.2) is 4.98 Å². The second kappa shape index (κ2) is 8.57. The van der Waals surface area contributed by atoms with Gasteiger partial charge in [0.15, 0.2) is 5.65 Å². The highest BCUT2D eigenvalue weighted by Crippen LogP contribution is 2.26. The van der Waals surface area contributed by atoms with E-state index in [0.29, 0.717) is 30.6 Å². The summed E-state index contributed by atoms with van der Waals surface area (Å²) in [6, 6.07) is 4.61. The van der Waals surface area contributed by atoms with E-state index in [-0.39, 0.29) is 6.04 Å². The molecular formula is C23H31BrN8O. The van der Waals surface area contributed by atoms with E-state index in [9.17, 15) is 5.11 Å². The third-order valence-corrected chi connectivity index (χ3v) is 6.14. The molecule has 3 heterocycles. The van der Waals surface area contributed by atoms with Gasteiger partial charge in [-0.2, -0.15) is 19.6 Å². The Kier molecular flexibility index (Phi) is 6.09. The van der Waals surface area contributed by atoms with Crippen molar-refractivity contribution in [3.63, 3.8) is 0 Å². The van der Waals surface area contributed by atoms with Crippen LogP contribution in [0.3, 0.4) is 0 Å². The molecule has 0 saturated carbocycles. The maximum Gasteiger partial charge on any atom is 0.230 e. The zero-order valence-corrected chi connectivity index (χ0v) is 21.8. The summed E-state index contributed by atoms with van der Waals surface area (Å²) in [5.41, 5.74) is 4.37. The van der Waals surface area contributed by atoms with Crippen molar-refractivity contribution in [3.05, 3.63) is 39.8 Å². The molecule has 0 saturated heterocycles. The van der Waals surface area contributed by atoms with E-state index in [1.54, 1.807) is 24.6 Å². The number of fused-ring (bicyclic) bond motifs is 2. The van der Waals surface area contributed by atoms with Gasteiger partial charge in [0.2, 0.25) is 11.9 Å². The summed E-state index contributed by atoms with van der Waals surface area (Å²) in [6.45, 7) is 12.9. The van der Waals surface area contributed by atoms with Crippen molar-refractivity contribution < 1.29 is 5.11 Å². The fourth-order valence-electron chi connectivity index (χ4n) is 4.04. The van der Waals surface area contributed by atoms with Crippen LogP contribution in [-0.4, -0.2) is 53.4 Å². The van der Waals surface area contributed by atoms with Crippen LogP contribution >= 0.6 is 15.9 Å². The van der Waals surface area contributed by atoms with E-state index >= 15 is 0 Å². The predicted molar refractivity (Wildman–Crippen MR) is 135 cm³/mol. The Bertz CT molecular complexity index is 1320. The lowest BCUT2D eigenvalue weighted by Gasteiger charge is -2.25. The molecule has 0 bridgehead atoms.